The average Bonchev–Trinajstić information content (AvgIpc) is 3.62. The molecule has 61 heavy (non-hydrogen) atoms. The van der Waals surface area contributed by atoms with Crippen LogP contribution in [0.2, 0.25) is 0 Å². The second-order valence-corrected chi connectivity index (χ2v) is 15.7. The second kappa shape index (κ2) is 19.5. The molecule has 0 unspecified atom stereocenters. The zero-order valence-corrected chi connectivity index (χ0v) is 35.7. The molecular formula is C38H54O23. The molecule has 344 valence electrons. The van der Waals surface area contributed by atoms with Gasteiger partial charge in [0.1, 0.15) is 55.9 Å². The van der Waals surface area contributed by atoms with E-state index in [1.807, 2.05) is 0 Å². The van der Waals surface area contributed by atoms with Crippen molar-refractivity contribution in [3.8, 4) is 0 Å². The lowest BCUT2D eigenvalue weighted by molar-refractivity contribution is -0.364. The molecule has 0 aliphatic carbocycles. The van der Waals surface area contributed by atoms with Crippen molar-refractivity contribution in [3.63, 3.8) is 0 Å². The monoisotopic (exact) mass is 878 g/mol. The first-order valence-corrected chi connectivity index (χ1v) is 19.5. The number of carbonyl (C=O) groups excluding carboxylic acids is 7. The van der Waals surface area contributed by atoms with E-state index in [0.717, 1.165) is 48.5 Å². The van der Waals surface area contributed by atoms with Gasteiger partial charge in [-0.3, -0.25) is 33.6 Å². The van der Waals surface area contributed by atoms with Crippen LogP contribution >= 0.6 is 0 Å². The Labute approximate surface area is 350 Å². The molecular weight excluding hydrogens is 824 g/mol. The summed E-state index contributed by atoms with van der Waals surface area (Å²) in [5.41, 5.74) is 0. The van der Waals surface area contributed by atoms with Gasteiger partial charge in [-0.2, -0.15) is 0 Å². The summed E-state index contributed by atoms with van der Waals surface area (Å²) >= 11 is 0. The smallest absolute Gasteiger partial charge is 0.303 e. The van der Waals surface area contributed by atoms with Crippen LogP contribution in [0.3, 0.4) is 0 Å². The molecule has 5 aliphatic rings. The van der Waals surface area contributed by atoms with Gasteiger partial charge in [-0.1, -0.05) is 0 Å². The number of ether oxygens (including phenoxy) is 16. The molecule has 0 aromatic heterocycles. The molecule has 15 atom stereocenters. The maximum Gasteiger partial charge on any atom is 0.303 e. The van der Waals surface area contributed by atoms with Crippen LogP contribution in [0.5, 0.6) is 0 Å². The molecule has 23 nitrogen and oxygen atoms in total. The highest BCUT2D eigenvalue weighted by Gasteiger charge is 2.62. The summed E-state index contributed by atoms with van der Waals surface area (Å²) in [6.45, 7) is 12.8. The van der Waals surface area contributed by atoms with Crippen molar-refractivity contribution in [2.75, 3.05) is 19.8 Å². The van der Waals surface area contributed by atoms with E-state index in [1.165, 1.54) is 0 Å². The van der Waals surface area contributed by atoms with Crippen molar-refractivity contribution >= 4 is 41.8 Å². The molecule has 5 fully saturated rings. The Hall–Kier alpha value is -4.07. The zero-order chi connectivity index (χ0) is 45.1. The topological polar surface area (TPSA) is 267 Å². The molecule has 5 saturated heterocycles. The number of hydrogen-bond donors (Lipinski definition) is 0. The van der Waals surface area contributed by atoms with E-state index >= 15 is 0 Å². The summed E-state index contributed by atoms with van der Waals surface area (Å²) in [6, 6.07) is 0. The van der Waals surface area contributed by atoms with E-state index in [-0.39, 0.29) is 6.61 Å². The zero-order valence-electron chi connectivity index (χ0n) is 35.7. The van der Waals surface area contributed by atoms with Gasteiger partial charge in [-0.05, 0) is 27.7 Å². The summed E-state index contributed by atoms with van der Waals surface area (Å²) in [6.07, 6.45) is -20.1. The van der Waals surface area contributed by atoms with Gasteiger partial charge in [0.05, 0.1) is 6.61 Å². The van der Waals surface area contributed by atoms with Crippen LogP contribution in [0.25, 0.3) is 0 Å². The Morgan fingerprint density at radius 2 is 0.820 bits per heavy atom. The summed E-state index contributed by atoms with van der Waals surface area (Å²) in [4.78, 5) is 86.9. The van der Waals surface area contributed by atoms with Gasteiger partial charge in [-0.25, -0.2) is 0 Å². The number of carbonyl (C=O) groups is 7. The Kier molecular flexibility index (Phi) is 15.4. The summed E-state index contributed by atoms with van der Waals surface area (Å²) in [7, 11) is 0. The van der Waals surface area contributed by atoms with Crippen LogP contribution in [0, 0.1) is 0 Å². The van der Waals surface area contributed by atoms with Crippen molar-refractivity contribution < 1.29 is 109 Å². The third-order valence-electron chi connectivity index (χ3n) is 9.56. The maximum atomic E-state index is 12.8. The van der Waals surface area contributed by atoms with Gasteiger partial charge in [0.15, 0.2) is 61.0 Å². The van der Waals surface area contributed by atoms with E-state index in [2.05, 4.69) is 0 Å². The Morgan fingerprint density at radius 1 is 0.410 bits per heavy atom. The minimum Gasteiger partial charge on any atom is -0.463 e. The molecule has 5 aliphatic heterocycles. The van der Waals surface area contributed by atoms with E-state index in [4.69, 9.17) is 75.8 Å². The minimum atomic E-state index is -1.84. The SMILES string of the molecule is CC(=O)OC[C@H]1O[C@H](O[C@H]2[C@H](OC(C)=O)[C@@H](OC(C)=O)[C@H](OC[C@H]3O[C@@H]4OC(C)(C)O[C@@H]4[C@H]4OC(C)(C)O[C@H]43)O[C@@H]2COC(C)=O)[C@H](OC(C)=O)[C@@H](OC(C)=O)[C@@H]1OC(C)=O. The normalized spacial score (nSPS) is 37.2. The van der Waals surface area contributed by atoms with Crippen molar-refractivity contribution in [3.05, 3.63) is 0 Å². The first-order valence-electron chi connectivity index (χ1n) is 19.5. The summed E-state index contributed by atoms with van der Waals surface area (Å²) in [5, 5.41) is 0. The Morgan fingerprint density at radius 3 is 1.34 bits per heavy atom. The van der Waals surface area contributed by atoms with Gasteiger partial charge in [0.25, 0.3) is 0 Å². The first-order chi connectivity index (χ1) is 28.4. The van der Waals surface area contributed by atoms with Crippen molar-refractivity contribution in [2.24, 2.45) is 0 Å². The quantitative estimate of drug-likeness (QED) is 0.164. The number of esters is 7. The summed E-state index contributed by atoms with van der Waals surface area (Å²) in [5.74, 6) is -8.12. The minimum absolute atomic E-state index is 0.325. The van der Waals surface area contributed by atoms with Gasteiger partial charge in [0, 0.05) is 48.5 Å². The highest BCUT2D eigenvalue weighted by Crippen LogP contribution is 2.45. The van der Waals surface area contributed by atoms with Crippen molar-refractivity contribution in [1.82, 2.24) is 0 Å². The number of hydrogen-bond acceptors (Lipinski definition) is 23. The van der Waals surface area contributed by atoms with E-state index in [9.17, 15) is 33.6 Å². The lowest BCUT2D eigenvalue weighted by Crippen LogP contribution is -2.67. The molecule has 0 saturated carbocycles. The van der Waals surface area contributed by atoms with Crippen LogP contribution in [0.1, 0.15) is 76.2 Å². The third-order valence-corrected chi connectivity index (χ3v) is 9.56. The van der Waals surface area contributed by atoms with E-state index in [0.29, 0.717) is 0 Å². The van der Waals surface area contributed by atoms with Crippen LogP contribution in [0.4, 0.5) is 0 Å². The van der Waals surface area contributed by atoms with E-state index in [1.54, 1.807) is 27.7 Å². The van der Waals surface area contributed by atoms with Crippen LogP contribution in [-0.2, 0) is 109 Å². The first kappa shape index (κ1) is 48.0. The second-order valence-electron chi connectivity index (χ2n) is 15.7. The predicted molar refractivity (Wildman–Crippen MR) is 192 cm³/mol. The Bertz CT molecular complexity index is 1650. The fourth-order valence-corrected chi connectivity index (χ4v) is 7.62. The van der Waals surface area contributed by atoms with Gasteiger partial charge in [0.2, 0.25) is 0 Å². The van der Waals surface area contributed by atoms with Crippen LogP contribution < -0.4 is 0 Å². The molecule has 0 spiro atoms. The molecule has 5 heterocycles. The lowest BCUT2D eigenvalue weighted by atomic mass is 9.95. The van der Waals surface area contributed by atoms with Gasteiger partial charge in [-0.15, -0.1) is 0 Å². The largest absolute Gasteiger partial charge is 0.463 e. The predicted octanol–water partition coefficient (Wildman–Crippen LogP) is 0.0192. The highest BCUT2D eigenvalue weighted by atomic mass is 16.9. The van der Waals surface area contributed by atoms with Crippen molar-refractivity contribution in [1.29, 1.82) is 0 Å². The molecule has 0 N–H and O–H groups in total. The third kappa shape index (κ3) is 12.3. The summed E-state index contributed by atoms with van der Waals surface area (Å²) < 4.78 is 94.2. The van der Waals surface area contributed by atoms with Crippen LogP contribution in [0.15, 0.2) is 0 Å². The van der Waals surface area contributed by atoms with Crippen molar-refractivity contribution in [2.45, 2.75) is 180 Å². The molecule has 0 aromatic carbocycles. The molecule has 0 bridgehead atoms. The molecule has 0 radical (unpaired) electrons. The lowest BCUT2D eigenvalue weighted by Gasteiger charge is -2.48. The fraction of sp³-hybridized carbons (Fsp3) is 0.816. The fourth-order valence-electron chi connectivity index (χ4n) is 7.62. The van der Waals surface area contributed by atoms with Crippen LogP contribution in [-0.4, -0.2) is 165 Å². The Balaban J connectivity index is 1.51. The number of fused-ring (bicyclic) bond motifs is 3. The van der Waals surface area contributed by atoms with Gasteiger partial charge >= 0.3 is 41.8 Å². The molecule has 0 aromatic rings. The van der Waals surface area contributed by atoms with E-state index < -0.39 is 159 Å². The highest BCUT2D eigenvalue weighted by molar-refractivity contribution is 5.69. The molecule has 0 amide bonds. The standard InChI is InChI=1S/C38H54O23/c1-15(39)46-12-22-25(49-17(3)41)28(50-18(4)42)32(53-21(7)45)35(55-22)57-26-23(13-47-16(2)40)54-34(31(52-20(6)44)29(26)51-19(5)43)48-14-24-27-30(59-37(8,9)58-27)33-36(56-24)61-38(10,11)60-33/h22-36H,12-14H2,1-11H3/t22-,23-,24-,25-,26-,27+,28+,29+,30+,31-,32-,33-,34-,35-,36-/m1/s1. The molecule has 23 heteroatoms. The molecule has 5 rings (SSSR count). The maximum absolute atomic E-state index is 12.8. The van der Waals surface area contributed by atoms with Gasteiger partial charge < -0.3 is 75.8 Å². The average molecular weight is 879 g/mol. The number of rotatable bonds is 14.